The van der Waals surface area contributed by atoms with Crippen molar-refractivity contribution in [1.82, 2.24) is 5.32 Å². The molecule has 30 heavy (non-hydrogen) atoms. The van der Waals surface area contributed by atoms with Crippen LogP contribution >= 0.6 is 0 Å². The van der Waals surface area contributed by atoms with Gasteiger partial charge in [-0.1, -0.05) is 26.0 Å². The van der Waals surface area contributed by atoms with Crippen molar-refractivity contribution in [2.24, 2.45) is 5.92 Å². The van der Waals surface area contributed by atoms with Gasteiger partial charge in [-0.3, -0.25) is 14.4 Å². The third-order valence-corrected chi connectivity index (χ3v) is 4.77. The van der Waals surface area contributed by atoms with E-state index < -0.39 is 18.1 Å². The van der Waals surface area contributed by atoms with Gasteiger partial charge in [0.2, 0.25) is 5.91 Å². The Bertz CT molecular complexity index is 973. The van der Waals surface area contributed by atoms with Crippen molar-refractivity contribution in [2.75, 3.05) is 17.7 Å². The number of amides is 3. The second-order valence-corrected chi connectivity index (χ2v) is 7.34. The van der Waals surface area contributed by atoms with Crippen LogP contribution < -0.4 is 25.4 Å². The average molecular weight is 411 g/mol. The highest BCUT2D eigenvalue weighted by Crippen LogP contribution is 2.32. The number of ether oxygens (including phenoxy) is 2. The van der Waals surface area contributed by atoms with Gasteiger partial charge in [0, 0.05) is 5.69 Å². The maximum Gasteiger partial charge on any atom is 0.265 e. The molecule has 3 rings (SSSR count). The number of hydrogen-bond donors (Lipinski definition) is 3. The predicted molar refractivity (Wildman–Crippen MR) is 113 cm³/mol. The maximum absolute atomic E-state index is 12.9. The Kier molecular flexibility index (Phi) is 6.25. The number of benzene rings is 2. The van der Waals surface area contributed by atoms with Crippen molar-refractivity contribution in [2.45, 2.75) is 32.9 Å². The lowest BCUT2D eigenvalue weighted by atomic mass is 10.0. The van der Waals surface area contributed by atoms with E-state index in [2.05, 4.69) is 16.0 Å². The summed E-state index contributed by atoms with van der Waals surface area (Å²) in [5, 5.41) is 8.31. The fourth-order valence-electron chi connectivity index (χ4n) is 3.09. The summed E-state index contributed by atoms with van der Waals surface area (Å²) < 4.78 is 10.7. The van der Waals surface area contributed by atoms with Gasteiger partial charge in [-0.2, -0.15) is 0 Å². The summed E-state index contributed by atoms with van der Waals surface area (Å²) in [6, 6.07) is 11.0. The molecule has 0 unspecified atom stereocenters. The second-order valence-electron chi connectivity index (χ2n) is 7.34. The van der Waals surface area contributed by atoms with Gasteiger partial charge >= 0.3 is 0 Å². The van der Waals surface area contributed by atoms with Crippen LogP contribution in [0.3, 0.4) is 0 Å². The van der Waals surface area contributed by atoms with Crippen molar-refractivity contribution in [1.29, 1.82) is 0 Å². The first-order chi connectivity index (χ1) is 14.3. The number of carbonyl (C=O) groups excluding carboxylic acids is 3. The van der Waals surface area contributed by atoms with Gasteiger partial charge in [0.05, 0.1) is 18.4 Å². The molecule has 3 N–H and O–H groups in total. The minimum Gasteiger partial charge on any atom is -0.496 e. The van der Waals surface area contributed by atoms with Crippen LogP contribution in [0.5, 0.6) is 11.5 Å². The van der Waals surface area contributed by atoms with E-state index in [1.807, 2.05) is 13.8 Å². The zero-order valence-corrected chi connectivity index (χ0v) is 17.3. The van der Waals surface area contributed by atoms with E-state index in [4.69, 9.17) is 9.47 Å². The van der Waals surface area contributed by atoms with Gasteiger partial charge in [0.1, 0.15) is 17.5 Å². The lowest BCUT2D eigenvalue weighted by Crippen LogP contribution is -2.47. The number of fused-ring (bicyclic) bond motifs is 1. The maximum atomic E-state index is 12.9. The van der Waals surface area contributed by atoms with E-state index in [0.717, 1.165) is 0 Å². The molecule has 0 saturated carbocycles. The molecule has 8 heteroatoms. The highest BCUT2D eigenvalue weighted by atomic mass is 16.5. The first-order valence-corrected chi connectivity index (χ1v) is 9.66. The molecule has 0 aliphatic carbocycles. The van der Waals surface area contributed by atoms with Crippen LogP contribution in [-0.2, 0) is 9.59 Å². The molecule has 2 aromatic carbocycles. The zero-order valence-electron chi connectivity index (χ0n) is 17.3. The minimum atomic E-state index is -0.774. The van der Waals surface area contributed by atoms with Crippen molar-refractivity contribution < 1.29 is 23.9 Å². The van der Waals surface area contributed by atoms with Crippen LogP contribution in [-0.4, -0.2) is 37.0 Å². The fraction of sp³-hybridized carbons (Fsp3) is 0.318. The normalized spacial score (nSPS) is 16.0. The molecular formula is C22H25N3O5. The van der Waals surface area contributed by atoms with Gasteiger partial charge in [-0.05, 0) is 43.2 Å². The van der Waals surface area contributed by atoms with Gasteiger partial charge in [-0.15, -0.1) is 0 Å². The molecule has 0 spiro atoms. The summed E-state index contributed by atoms with van der Waals surface area (Å²) in [5.74, 6) is -0.228. The average Bonchev–Trinajstić information content (AvgIpc) is 2.72. The number of para-hydroxylation sites is 1. The Morgan fingerprint density at radius 1 is 1.17 bits per heavy atom. The molecule has 0 aromatic heterocycles. The number of methoxy groups -OCH3 is 1. The van der Waals surface area contributed by atoms with Crippen LogP contribution in [0.25, 0.3) is 0 Å². The van der Waals surface area contributed by atoms with E-state index in [1.165, 1.54) is 7.11 Å². The third-order valence-electron chi connectivity index (χ3n) is 4.77. The molecule has 1 aliphatic rings. The predicted octanol–water partition coefficient (Wildman–Crippen LogP) is 2.81. The Balaban J connectivity index is 1.74. The second kappa shape index (κ2) is 8.86. The Morgan fingerprint density at radius 2 is 1.90 bits per heavy atom. The Labute approximate surface area is 174 Å². The van der Waals surface area contributed by atoms with E-state index in [-0.39, 0.29) is 17.7 Å². The monoisotopic (exact) mass is 411 g/mol. The standard InChI is InChI=1S/C22H25N3O5/c1-12(2)19(25-21(27)15-7-5-6-8-17(15)29-4)22(28)23-14-9-10-18-16(11-14)24-20(26)13(3)30-18/h5-13,19H,1-4H3,(H,23,28)(H,24,26)(H,25,27)/t13-,19+/m1/s1. The topological polar surface area (TPSA) is 106 Å². The minimum absolute atomic E-state index is 0.162. The first-order valence-electron chi connectivity index (χ1n) is 9.66. The van der Waals surface area contributed by atoms with Crippen LogP contribution in [0.4, 0.5) is 11.4 Å². The van der Waals surface area contributed by atoms with Gasteiger partial charge in [0.25, 0.3) is 11.8 Å². The Morgan fingerprint density at radius 3 is 2.60 bits per heavy atom. The lowest BCUT2D eigenvalue weighted by Gasteiger charge is -2.25. The smallest absolute Gasteiger partial charge is 0.265 e. The molecule has 0 fully saturated rings. The van der Waals surface area contributed by atoms with Crippen molar-refractivity contribution in [3.05, 3.63) is 48.0 Å². The largest absolute Gasteiger partial charge is 0.496 e. The molecule has 158 valence electrons. The van der Waals surface area contributed by atoms with Crippen molar-refractivity contribution in [3.63, 3.8) is 0 Å². The third kappa shape index (κ3) is 4.53. The van der Waals surface area contributed by atoms with E-state index in [9.17, 15) is 14.4 Å². The molecule has 0 bridgehead atoms. The Hall–Kier alpha value is -3.55. The quantitative estimate of drug-likeness (QED) is 0.678. The molecule has 3 amide bonds. The van der Waals surface area contributed by atoms with E-state index in [0.29, 0.717) is 28.4 Å². The number of rotatable bonds is 6. The summed E-state index contributed by atoms with van der Waals surface area (Å²) in [6.07, 6.45) is -0.576. The highest BCUT2D eigenvalue weighted by molar-refractivity contribution is 6.03. The molecule has 8 nitrogen and oxygen atoms in total. The zero-order chi connectivity index (χ0) is 21.8. The summed E-state index contributed by atoms with van der Waals surface area (Å²) in [5.41, 5.74) is 1.31. The summed E-state index contributed by atoms with van der Waals surface area (Å²) in [6.45, 7) is 5.34. The van der Waals surface area contributed by atoms with Gasteiger partial charge < -0.3 is 25.4 Å². The number of anilines is 2. The SMILES string of the molecule is COc1ccccc1C(=O)N[C@H](C(=O)Nc1ccc2c(c1)NC(=O)[C@@H](C)O2)C(C)C. The van der Waals surface area contributed by atoms with Crippen LogP contribution in [0.15, 0.2) is 42.5 Å². The van der Waals surface area contributed by atoms with E-state index >= 15 is 0 Å². The number of nitrogens with one attached hydrogen (secondary N) is 3. The lowest BCUT2D eigenvalue weighted by molar-refractivity contribution is -0.122. The molecular weight excluding hydrogens is 386 g/mol. The van der Waals surface area contributed by atoms with Crippen LogP contribution in [0.1, 0.15) is 31.1 Å². The van der Waals surface area contributed by atoms with Crippen LogP contribution in [0.2, 0.25) is 0 Å². The molecule has 2 atom stereocenters. The van der Waals surface area contributed by atoms with Gasteiger partial charge in [0.15, 0.2) is 6.10 Å². The summed E-state index contributed by atoms with van der Waals surface area (Å²) >= 11 is 0. The molecule has 2 aromatic rings. The van der Waals surface area contributed by atoms with Crippen molar-refractivity contribution >= 4 is 29.1 Å². The fourth-order valence-corrected chi connectivity index (χ4v) is 3.09. The van der Waals surface area contributed by atoms with Gasteiger partial charge in [-0.25, -0.2) is 0 Å². The molecule has 0 saturated heterocycles. The molecule has 0 radical (unpaired) electrons. The summed E-state index contributed by atoms with van der Waals surface area (Å²) in [4.78, 5) is 37.4. The van der Waals surface area contributed by atoms with Crippen molar-refractivity contribution in [3.8, 4) is 11.5 Å². The van der Waals surface area contributed by atoms with Crippen LogP contribution in [0, 0.1) is 5.92 Å². The van der Waals surface area contributed by atoms with E-state index in [1.54, 1.807) is 49.4 Å². The number of carbonyl (C=O) groups is 3. The molecule has 1 heterocycles. The first kappa shape index (κ1) is 21.2. The highest BCUT2D eigenvalue weighted by Gasteiger charge is 2.27. The summed E-state index contributed by atoms with van der Waals surface area (Å²) in [7, 11) is 1.48. The molecule has 1 aliphatic heterocycles. The number of hydrogen-bond acceptors (Lipinski definition) is 5.